The van der Waals surface area contributed by atoms with Crippen LogP contribution in [0.25, 0.3) is 0 Å². The largest absolute Gasteiger partial charge is 0.379 e. The molecule has 1 saturated heterocycles. The van der Waals surface area contributed by atoms with Crippen molar-refractivity contribution in [3.63, 3.8) is 0 Å². The molecule has 1 aliphatic rings. The van der Waals surface area contributed by atoms with E-state index in [1.54, 1.807) is 12.1 Å². The van der Waals surface area contributed by atoms with E-state index in [1.807, 2.05) is 43.3 Å². The van der Waals surface area contributed by atoms with Crippen molar-refractivity contribution in [2.75, 3.05) is 36.9 Å². The number of benzene rings is 2. The Morgan fingerprint density at radius 2 is 1.77 bits per heavy atom. The van der Waals surface area contributed by atoms with Gasteiger partial charge in [-0.15, -0.1) is 0 Å². The Kier molecular flexibility index (Phi) is 5.87. The third-order valence-corrected chi connectivity index (χ3v) is 6.15. The molecule has 0 radical (unpaired) electrons. The van der Waals surface area contributed by atoms with Crippen LogP contribution in [0.2, 0.25) is 0 Å². The maximum absolute atomic E-state index is 13.1. The zero-order valence-corrected chi connectivity index (χ0v) is 16.1. The van der Waals surface area contributed by atoms with Crippen LogP contribution in [-0.4, -0.2) is 44.1 Å². The summed E-state index contributed by atoms with van der Waals surface area (Å²) < 4.78 is 32.8. The number of para-hydroxylation sites is 1. The Morgan fingerprint density at radius 3 is 2.46 bits per heavy atom. The SMILES string of the molecule is Cc1ccc(NC(=S)Nc2ccccc2)c(S(=O)(=O)N2CCOCC2)c1. The molecular formula is C18H21N3O3S2. The third kappa shape index (κ3) is 4.39. The van der Waals surface area contributed by atoms with Gasteiger partial charge in [0.05, 0.1) is 18.9 Å². The van der Waals surface area contributed by atoms with Crippen LogP contribution in [0.3, 0.4) is 0 Å². The van der Waals surface area contributed by atoms with Gasteiger partial charge in [-0.2, -0.15) is 4.31 Å². The molecule has 8 heteroatoms. The fourth-order valence-electron chi connectivity index (χ4n) is 2.68. The molecule has 1 heterocycles. The van der Waals surface area contributed by atoms with Gasteiger partial charge in [-0.1, -0.05) is 24.3 Å². The van der Waals surface area contributed by atoms with E-state index in [0.717, 1.165) is 11.3 Å². The number of thiocarbonyl (C=S) groups is 1. The minimum absolute atomic E-state index is 0.219. The molecule has 0 aliphatic carbocycles. The van der Waals surface area contributed by atoms with Gasteiger partial charge in [-0.3, -0.25) is 0 Å². The molecule has 2 aromatic carbocycles. The predicted octanol–water partition coefficient (Wildman–Crippen LogP) is 2.82. The minimum atomic E-state index is -3.63. The second kappa shape index (κ2) is 8.13. The summed E-state index contributed by atoms with van der Waals surface area (Å²) in [6, 6.07) is 14.7. The molecule has 1 fully saturated rings. The highest BCUT2D eigenvalue weighted by Crippen LogP contribution is 2.27. The van der Waals surface area contributed by atoms with Crippen LogP contribution in [0.4, 0.5) is 11.4 Å². The summed E-state index contributed by atoms with van der Waals surface area (Å²) in [5.41, 5.74) is 2.15. The maximum atomic E-state index is 13.1. The van der Waals surface area contributed by atoms with Crippen LogP contribution in [0.1, 0.15) is 5.56 Å². The quantitative estimate of drug-likeness (QED) is 0.781. The van der Waals surface area contributed by atoms with Crippen LogP contribution < -0.4 is 10.6 Å². The fourth-order valence-corrected chi connectivity index (χ4v) is 4.55. The monoisotopic (exact) mass is 391 g/mol. The molecule has 6 nitrogen and oxygen atoms in total. The van der Waals surface area contributed by atoms with E-state index in [4.69, 9.17) is 17.0 Å². The second-order valence-corrected chi connectivity index (χ2v) is 8.28. The molecule has 0 atom stereocenters. The second-order valence-electron chi connectivity index (χ2n) is 5.96. The van der Waals surface area contributed by atoms with Gasteiger partial charge >= 0.3 is 0 Å². The van der Waals surface area contributed by atoms with Gasteiger partial charge < -0.3 is 15.4 Å². The molecule has 2 N–H and O–H groups in total. The predicted molar refractivity (Wildman–Crippen MR) is 107 cm³/mol. The summed E-state index contributed by atoms with van der Waals surface area (Å²) in [5.74, 6) is 0. The summed E-state index contributed by atoms with van der Waals surface area (Å²) in [7, 11) is -3.63. The van der Waals surface area contributed by atoms with Crippen molar-refractivity contribution in [1.82, 2.24) is 4.31 Å². The van der Waals surface area contributed by atoms with Crippen molar-refractivity contribution >= 4 is 38.7 Å². The van der Waals surface area contributed by atoms with E-state index in [9.17, 15) is 8.42 Å². The average molecular weight is 392 g/mol. The first-order valence-corrected chi connectivity index (χ1v) is 10.1. The first kappa shape index (κ1) is 18.8. The Balaban J connectivity index is 1.85. The van der Waals surface area contributed by atoms with Gasteiger partial charge in [-0.05, 0) is 49.0 Å². The highest BCUT2D eigenvalue weighted by Gasteiger charge is 2.29. The van der Waals surface area contributed by atoms with Gasteiger partial charge in [0.25, 0.3) is 0 Å². The molecule has 0 amide bonds. The Bertz CT molecular complexity index is 880. The normalized spacial score (nSPS) is 15.4. The van der Waals surface area contributed by atoms with E-state index < -0.39 is 10.0 Å². The first-order chi connectivity index (χ1) is 12.5. The van der Waals surface area contributed by atoms with Crippen molar-refractivity contribution < 1.29 is 13.2 Å². The molecule has 2 aromatic rings. The minimum Gasteiger partial charge on any atom is -0.379 e. The number of anilines is 2. The Labute approximate surface area is 159 Å². The van der Waals surface area contributed by atoms with Crippen LogP contribution >= 0.6 is 12.2 Å². The topological polar surface area (TPSA) is 70.7 Å². The Hall–Kier alpha value is -2.00. The molecule has 0 aromatic heterocycles. The van der Waals surface area contributed by atoms with Crippen LogP contribution in [-0.2, 0) is 14.8 Å². The zero-order valence-electron chi connectivity index (χ0n) is 14.4. The summed E-state index contributed by atoms with van der Waals surface area (Å²) in [4.78, 5) is 0.219. The Morgan fingerprint density at radius 1 is 1.08 bits per heavy atom. The molecule has 26 heavy (non-hydrogen) atoms. The highest BCUT2D eigenvalue weighted by molar-refractivity contribution is 7.89. The molecule has 3 rings (SSSR count). The zero-order chi connectivity index (χ0) is 18.6. The smallest absolute Gasteiger partial charge is 0.245 e. The molecule has 0 bridgehead atoms. The number of nitrogens with zero attached hydrogens (tertiary/aromatic N) is 1. The van der Waals surface area contributed by atoms with Gasteiger partial charge in [-0.25, -0.2) is 8.42 Å². The first-order valence-electron chi connectivity index (χ1n) is 8.28. The van der Waals surface area contributed by atoms with Crippen molar-refractivity contribution in [3.05, 3.63) is 54.1 Å². The van der Waals surface area contributed by atoms with Crippen LogP contribution in [0.15, 0.2) is 53.4 Å². The number of hydrogen-bond acceptors (Lipinski definition) is 4. The molecule has 138 valence electrons. The van der Waals surface area contributed by atoms with Gasteiger partial charge in [0.1, 0.15) is 4.90 Å². The number of ether oxygens (including phenoxy) is 1. The molecule has 0 spiro atoms. The van der Waals surface area contributed by atoms with E-state index in [2.05, 4.69) is 10.6 Å². The number of sulfonamides is 1. The number of aryl methyl sites for hydroxylation is 1. The van der Waals surface area contributed by atoms with E-state index in [1.165, 1.54) is 4.31 Å². The number of hydrogen-bond donors (Lipinski definition) is 2. The third-order valence-electron chi connectivity index (χ3n) is 4.00. The summed E-state index contributed by atoms with van der Waals surface area (Å²) in [6.45, 7) is 3.37. The standard InChI is InChI=1S/C18H21N3O3S2/c1-14-7-8-16(20-18(25)19-15-5-3-2-4-6-15)17(13-14)26(22,23)21-9-11-24-12-10-21/h2-8,13H,9-12H2,1H3,(H2,19,20,25). The lowest BCUT2D eigenvalue weighted by Crippen LogP contribution is -2.41. The van der Waals surface area contributed by atoms with E-state index in [0.29, 0.717) is 37.1 Å². The van der Waals surface area contributed by atoms with E-state index in [-0.39, 0.29) is 4.90 Å². The molecule has 0 saturated carbocycles. The fraction of sp³-hybridized carbons (Fsp3) is 0.278. The average Bonchev–Trinajstić information content (AvgIpc) is 2.64. The summed E-state index contributed by atoms with van der Waals surface area (Å²) >= 11 is 5.34. The van der Waals surface area contributed by atoms with E-state index >= 15 is 0 Å². The number of nitrogens with one attached hydrogen (secondary N) is 2. The van der Waals surface area contributed by atoms with Crippen molar-refractivity contribution in [1.29, 1.82) is 0 Å². The molecule has 0 unspecified atom stereocenters. The maximum Gasteiger partial charge on any atom is 0.245 e. The van der Waals surface area contributed by atoms with Crippen LogP contribution in [0.5, 0.6) is 0 Å². The number of rotatable bonds is 4. The van der Waals surface area contributed by atoms with Gasteiger partial charge in [0.2, 0.25) is 10.0 Å². The lowest BCUT2D eigenvalue weighted by atomic mass is 10.2. The molecular weight excluding hydrogens is 370 g/mol. The van der Waals surface area contributed by atoms with Gasteiger partial charge in [0, 0.05) is 18.8 Å². The van der Waals surface area contributed by atoms with Crippen molar-refractivity contribution in [2.45, 2.75) is 11.8 Å². The highest BCUT2D eigenvalue weighted by atomic mass is 32.2. The lowest BCUT2D eigenvalue weighted by Gasteiger charge is -2.27. The number of morpholine rings is 1. The summed E-state index contributed by atoms with van der Waals surface area (Å²) in [5, 5.41) is 6.40. The van der Waals surface area contributed by atoms with Crippen LogP contribution in [0, 0.1) is 6.92 Å². The summed E-state index contributed by atoms with van der Waals surface area (Å²) in [6.07, 6.45) is 0. The van der Waals surface area contributed by atoms with Crippen molar-refractivity contribution in [2.24, 2.45) is 0 Å². The lowest BCUT2D eigenvalue weighted by molar-refractivity contribution is 0.0730. The van der Waals surface area contributed by atoms with Gasteiger partial charge in [0.15, 0.2) is 5.11 Å². The van der Waals surface area contributed by atoms with Crippen molar-refractivity contribution in [3.8, 4) is 0 Å². The molecule has 1 aliphatic heterocycles.